The zero-order valence-corrected chi connectivity index (χ0v) is 30.3. The molecule has 0 fully saturated rings. The van der Waals surface area contributed by atoms with Crippen LogP contribution in [0.2, 0.25) is 0 Å². The molecule has 5 heteroatoms. The SMILES string of the molecule is c1ccc(C2=NC(c3ccc4oc5cc6c(cc5c4c3)c3ccccc3n6-c3ccc(-c4cccc(-c5ccccc5)c4)cc3)NC(c3ccccc3)=N2)cc1. The Labute approximate surface area is 323 Å². The molecule has 2 aromatic heterocycles. The van der Waals surface area contributed by atoms with E-state index in [1.807, 2.05) is 36.4 Å². The van der Waals surface area contributed by atoms with Crippen molar-refractivity contribution in [2.75, 3.05) is 0 Å². The molecule has 8 aromatic carbocycles. The zero-order chi connectivity index (χ0) is 37.0. The summed E-state index contributed by atoms with van der Waals surface area (Å²) in [6.07, 6.45) is -0.332. The predicted molar refractivity (Wildman–Crippen MR) is 231 cm³/mol. The van der Waals surface area contributed by atoms with Crippen molar-refractivity contribution in [2.24, 2.45) is 9.98 Å². The number of fused-ring (bicyclic) bond motifs is 6. The lowest BCUT2D eigenvalue weighted by atomic mass is 9.99. The first-order valence-corrected chi connectivity index (χ1v) is 18.9. The van der Waals surface area contributed by atoms with E-state index in [2.05, 4.69) is 168 Å². The standard InChI is InChI=1S/C51H34N4O/c1-4-13-33(14-5-1)37-19-12-20-38(29-37)34-23-26-40(27-24-34)55-45-22-11-10-21-41(45)42-31-44-43-30-39(25-28-47(43)56-48(44)32-46(42)55)51-53-49(35-15-6-2-7-16-35)52-50(54-51)36-17-8-3-9-18-36/h1-32,51H,(H,52,53,54). The summed E-state index contributed by atoms with van der Waals surface area (Å²) in [6.45, 7) is 0. The van der Waals surface area contributed by atoms with Crippen molar-refractivity contribution in [3.63, 3.8) is 0 Å². The highest BCUT2D eigenvalue weighted by atomic mass is 16.3. The molecule has 0 saturated carbocycles. The fourth-order valence-corrected chi connectivity index (χ4v) is 8.10. The minimum absolute atomic E-state index is 0.332. The van der Waals surface area contributed by atoms with Crippen molar-refractivity contribution < 1.29 is 4.42 Å². The third kappa shape index (κ3) is 5.48. The Balaban J connectivity index is 1.00. The van der Waals surface area contributed by atoms with Gasteiger partial charge in [0.1, 0.15) is 23.2 Å². The number of amidine groups is 2. The van der Waals surface area contributed by atoms with Crippen LogP contribution in [0.15, 0.2) is 209 Å². The van der Waals surface area contributed by atoms with Gasteiger partial charge in [-0.3, -0.25) is 0 Å². The van der Waals surface area contributed by atoms with Gasteiger partial charge in [-0.05, 0) is 70.3 Å². The van der Waals surface area contributed by atoms with Crippen LogP contribution < -0.4 is 5.32 Å². The second kappa shape index (κ2) is 13.1. The summed E-state index contributed by atoms with van der Waals surface area (Å²) in [5.41, 5.74) is 12.9. The largest absolute Gasteiger partial charge is 0.456 e. The Kier molecular flexibility index (Phi) is 7.49. The highest BCUT2D eigenvalue weighted by molar-refractivity contribution is 6.18. The van der Waals surface area contributed by atoms with E-state index in [1.165, 1.54) is 33.0 Å². The molecule has 5 nitrogen and oxygen atoms in total. The molecule has 1 atom stereocenters. The lowest BCUT2D eigenvalue weighted by Crippen LogP contribution is -2.33. The van der Waals surface area contributed by atoms with Gasteiger partial charge in [-0.2, -0.15) is 0 Å². The van der Waals surface area contributed by atoms with Crippen molar-refractivity contribution in [3.8, 4) is 27.9 Å². The molecule has 0 aliphatic carbocycles. The van der Waals surface area contributed by atoms with E-state index in [4.69, 9.17) is 14.4 Å². The molecule has 0 bridgehead atoms. The summed E-state index contributed by atoms with van der Waals surface area (Å²) < 4.78 is 8.95. The molecular weight excluding hydrogens is 685 g/mol. The maximum absolute atomic E-state index is 6.60. The number of nitrogens with zero attached hydrogens (tertiary/aromatic N) is 3. The molecular formula is C51H34N4O. The van der Waals surface area contributed by atoms with Crippen LogP contribution in [0.1, 0.15) is 22.9 Å². The molecule has 1 aliphatic heterocycles. The van der Waals surface area contributed by atoms with Crippen LogP contribution >= 0.6 is 0 Å². The Morgan fingerprint density at radius 3 is 1.80 bits per heavy atom. The number of rotatable bonds is 6. The van der Waals surface area contributed by atoms with Crippen molar-refractivity contribution >= 4 is 55.4 Å². The first kappa shape index (κ1) is 32.0. The third-order valence-corrected chi connectivity index (χ3v) is 10.9. The molecule has 1 N–H and O–H groups in total. The quantitative estimate of drug-likeness (QED) is 0.186. The van der Waals surface area contributed by atoms with Crippen LogP contribution in [-0.2, 0) is 0 Å². The molecule has 264 valence electrons. The maximum atomic E-state index is 6.60. The molecule has 10 aromatic rings. The van der Waals surface area contributed by atoms with Crippen molar-refractivity contribution in [1.82, 2.24) is 9.88 Å². The molecule has 1 aliphatic rings. The van der Waals surface area contributed by atoms with Gasteiger partial charge in [-0.1, -0.05) is 146 Å². The second-order valence-corrected chi connectivity index (χ2v) is 14.3. The maximum Gasteiger partial charge on any atom is 0.159 e. The van der Waals surface area contributed by atoms with Gasteiger partial charge in [0.2, 0.25) is 0 Å². The van der Waals surface area contributed by atoms with Gasteiger partial charge >= 0.3 is 0 Å². The summed E-state index contributed by atoms with van der Waals surface area (Å²) >= 11 is 0. The molecule has 11 rings (SSSR count). The van der Waals surface area contributed by atoms with Crippen LogP contribution in [-0.4, -0.2) is 16.2 Å². The van der Waals surface area contributed by atoms with E-state index in [1.54, 1.807) is 0 Å². The highest BCUT2D eigenvalue weighted by Gasteiger charge is 2.23. The van der Waals surface area contributed by atoms with Gasteiger partial charge in [0.15, 0.2) is 5.84 Å². The summed E-state index contributed by atoms with van der Waals surface area (Å²) in [6, 6.07) is 68.1. The molecule has 0 saturated heterocycles. The van der Waals surface area contributed by atoms with Gasteiger partial charge in [0.05, 0.1) is 11.0 Å². The number of furan rings is 1. The van der Waals surface area contributed by atoms with E-state index >= 15 is 0 Å². The first-order valence-electron chi connectivity index (χ1n) is 18.9. The topological polar surface area (TPSA) is 54.8 Å². The van der Waals surface area contributed by atoms with Gasteiger partial charge in [0.25, 0.3) is 0 Å². The van der Waals surface area contributed by atoms with Crippen LogP contribution in [0.5, 0.6) is 0 Å². The number of nitrogens with one attached hydrogen (secondary N) is 1. The summed E-state index contributed by atoms with van der Waals surface area (Å²) in [4.78, 5) is 10.1. The Hall–Kier alpha value is -7.50. The fraction of sp³-hybridized carbons (Fsp3) is 0.0196. The van der Waals surface area contributed by atoms with E-state index < -0.39 is 0 Å². The molecule has 0 radical (unpaired) electrons. The van der Waals surface area contributed by atoms with E-state index in [0.717, 1.165) is 61.2 Å². The number of aliphatic imine (C=N–C) groups is 2. The van der Waals surface area contributed by atoms with Crippen molar-refractivity contribution in [3.05, 3.63) is 211 Å². The summed E-state index contributed by atoms with van der Waals surface area (Å²) in [7, 11) is 0. The van der Waals surface area contributed by atoms with Crippen LogP contribution in [0.3, 0.4) is 0 Å². The van der Waals surface area contributed by atoms with Crippen molar-refractivity contribution in [1.29, 1.82) is 0 Å². The van der Waals surface area contributed by atoms with E-state index in [9.17, 15) is 0 Å². The molecule has 0 amide bonds. The first-order chi connectivity index (χ1) is 27.7. The monoisotopic (exact) mass is 718 g/mol. The van der Waals surface area contributed by atoms with Crippen LogP contribution in [0.4, 0.5) is 0 Å². The Morgan fingerprint density at radius 1 is 0.429 bits per heavy atom. The van der Waals surface area contributed by atoms with Crippen LogP contribution in [0.25, 0.3) is 71.7 Å². The van der Waals surface area contributed by atoms with Crippen LogP contribution in [0, 0.1) is 0 Å². The average Bonchev–Trinajstić information content (AvgIpc) is 3.80. The molecule has 56 heavy (non-hydrogen) atoms. The summed E-state index contributed by atoms with van der Waals surface area (Å²) in [5, 5.41) is 8.13. The average molecular weight is 719 g/mol. The van der Waals surface area contributed by atoms with Crippen molar-refractivity contribution in [2.45, 2.75) is 6.17 Å². The van der Waals surface area contributed by atoms with E-state index in [0.29, 0.717) is 5.84 Å². The van der Waals surface area contributed by atoms with E-state index in [-0.39, 0.29) is 6.17 Å². The molecule has 1 unspecified atom stereocenters. The smallest absolute Gasteiger partial charge is 0.159 e. The summed E-state index contributed by atoms with van der Waals surface area (Å²) in [5.74, 6) is 1.50. The van der Waals surface area contributed by atoms with Gasteiger partial charge < -0.3 is 14.3 Å². The predicted octanol–water partition coefficient (Wildman–Crippen LogP) is 12.5. The molecule has 0 spiro atoms. The van der Waals surface area contributed by atoms with Gasteiger partial charge in [0, 0.05) is 44.4 Å². The minimum Gasteiger partial charge on any atom is -0.456 e. The number of hydrogen-bond acceptors (Lipinski definition) is 4. The third-order valence-electron chi connectivity index (χ3n) is 10.9. The highest BCUT2D eigenvalue weighted by Crippen LogP contribution is 2.39. The number of benzene rings is 8. The second-order valence-electron chi connectivity index (χ2n) is 14.3. The normalized spacial score (nSPS) is 14.2. The molecule has 3 heterocycles. The number of hydrogen-bond donors (Lipinski definition) is 1. The fourth-order valence-electron chi connectivity index (χ4n) is 8.10. The lowest BCUT2D eigenvalue weighted by molar-refractivity contribution is 0.663. The lowest BCUT2D eigenvalue weighted by Gasteiger charge is -2.23. The van der Waals surface area contributed by atoms with Gasteiger partial charge in [-0.15, -0.1) is 0 Å². The number of para-hydroxylation sites is 1. The number of aromatic nitrogens is 1. The Bertz CT molecular complexity index is 3140. The Morgan fingerprint density at radius 2 is 1.05 bits per heavy atom. The van der Waals surface area contributed by atoms with Gasteiger partial charge in [-0.25, -0.2) is 9.98 Å². The minimum atomic E-state index is -0.332. The zero-order valence-electron chi connectivity index (χ0n) is 30.3.